The molecule has 122 valence electrons. The first-order chi connectivity index (χ1) is 11.1. The highest BCUT2D eigenvalue weighted by atomic mass is 32.2. The van der Waals surface area contributed by atoms with Crippen molar-refractivity contribution >= 4 is 45.2 Å². The van der Waals surface area contributed by atoms with Gasteiger partial charge in [-0.1, -0.05) is 0 Å². The minimum atomic E-state index is -0.908. The van der Waals surface area contributed by atoms with Gasteiger partial charge in [0, 0.05) is 29.0 Å². The van der Waals surface area contributed by atoms with Gasteiger partial charge in [0.2, 0.25) is 5.91 Å². The lowest BCUT2D eigenvalue weighted by Gasteiger charge is -2.21. The Morgan fingerprint density at radius 1 is 1.48 bits per heavy atom. The van der Waals surface area contributed by atoms with Gasteiger partial charge >= 0.3 is 5.97 Å². The van der Waals surface area contributed by atoms with Crippen LogP contribution in [0.15, 0.2) is 17.4 Å². The van der Waals surface area contributed by atoms with E-state index in [0.717, 1.165) is 21.7 Å². The molecule has 2 aromatic rings. The summed E-state index contributed by atoms with van der Waals surface area (Å²) in [7, 11) is 0. The molecule has 1 atom stereocenters. The number of aryl methyl sites for hydroxylation is 1. The van der Waals surface area contributed by atoms with Crippen molar-refractivity contribution in [2.75, 3.05) is 12.3 Å². The molecule has 3 rings (SSSR count). The molecule has 1 fully saturated rings. The SMILES string of the molecule is Cc1cc2c(SCCC(=O)N3CCCC3C(=O)O)ncnc2s1. The molecule has 1 unspecified atom stereocenters. The average molecular weight is 351 g/mol. The minimum absolute atomic E-state index is 0.0887. The number of hydrogen-bond acceptors (Lipinski definition) is 6. The summed E-state index contributed by atoms with van der Waals surface area (Å²) >= 11 is 3.15. The van der Waals surface area contributed by atoms with Gasteiger partial charge in [0.15, 0.2) is 0 Å². The first-order valence-corrected chi connectivity index (χ1v) is 9.22. The number of aromatic nitrogens is 2. The number of amides is 1. The summed E-state index contributed by atoms with van der Waals surface area (Å²) in [6.07, 6.45) is 3.18. The molecule has 23 heavy (non-hydrogen) atoms. The molecule has 1 aliphatic heterocycles. The Kier molecular flexibility index (Phi) is 4.82. The lowest BCUT2D eigenvalue weighted by Crippen LogP contribution is -2.40. The van der Waals surface area contributed by atoms with Crippen LogP contribution in [0.5, 0.6) is 0 Å². The van der Waals surface area contributed by atoms with Crippen LogP contribution >= 0.6 is 23.1 Å². The van der Waals surface area contributed by atoms with Gasteiger partial charge in [-0.15, -0.1) is 23.1 Å². The van der Waals surface area contributed by atoms with E-state index in [1.807, 2.05) is 6.92 Å². The van der Waals surface area contributed by atoms with Crippen LogP contribution in [-0.4, -0.2) is 50.2 Å². The fraction of sp³-hybridized carbons (Fsp3) is 0.467. The number of carboxylic acids is 1. The highest BCUT2D eigenvalue weighted by molar-refractivity contribution is 7.99. The second kappa shape index (κ2) is 6.84. The van der Waals surface area contributed by atoms with Crippen molar-refractivity contribution in [3.63, 3.8) is 0 Å². The number of hydrogen-bond donors (Lipinski definition) is 1. The maximum Gasteiger partial charge on any atom is 0.326 e. The van der Waals surface area contributed by atoms with Gasteiger partial charge in [-0.25, -0.2) is 14.8 Å². The van der Waals surface area contributed by atoms with E-state index in [9.17, 15) is 9.59 Å². The number of thioether (sulfide) groups is 1. The summed E-state index contributed by atoms with van der Waals surface area (Å²) in [6.45, 7) is 2.58. The van der Waals surface area contributed by atoms with Crippen molar-refractivity contribution in [1.82, 2.24) is 14.9 Å². The first-order valence-electron chi connectivity index (χ1n) is 7.42. The number of carboxylic acid groups (broad SMARTS) is 1. The Bertz CT molecular complexity index is 747. The Balaban J connectivity index is 1.60. The third-order valence-electron chi connectivity index (χ3n) is 3.83. The molecule has 2 aromatic heterocycles. The lowest BCUT2D eigenvalue weighted by atomic mass is 10.2. The molecule has 0 bridgehead atoms. The maximum atomic E-state index is 12.2. The Labute approximate surface area is 141 Å². The second-order valence-electron chi connectivity index (χ2n) is 5.44. The Morgan fingerprint density at radius 2 is 2.30 bits per heavy atom. The molecule has 0 radical (unpaired) electrons. The molecular weight excluding hydrogens is 334 g/mol. The molecule has 6 nitrogen and oxygen atoms in total. The van der Waals surface area contributed by atoms with E-state index in [0.29, 0.717) is 25.1 Å². The number of thiophene rings is 1. The molecule has 1 saturated heterocycles. The van der Waals surface area contributed by atoms with Crippen molar-refractivity contribution in [3.8, 4) is 0 Å². The van der Waals surface area contributed by atoms with Crippen LogP contribution in [-0.2, 0) is 9.59 Å². The minimum Gasteiger partial charge on any atom is -0.480 e. The average Bonchev–Trinajstić information content (AvgIpc) is 3.12. The van der Waals surface area contributed by atoms with E-state index in [2.05, 4.69) is 16.0 Å². The summed E-state index contributed by atoms with van der Waals surface area (Å²) in [5, 5.41) is 11.0. The van der Waals surface area contributed by atoms with Gasteiger partial charge in [0.1, 0.15) is 22.2 Å². The molecule has 3 heterocycles. The van der Waals surface area contributed by atoms with Gasteiger partial charge in [-0.3, -0.25) is 4.79 Å². The smallest absolute Gasteiger partial charge is 0.326 e. The Morgan fingerprint density at radius 3 is 3.09 bits per heavy atom. The second-order valence-corrected chi connectivity index (χ2v) is 7.75. The number of carbonyl (C=O) groups excluding carboxylic acids is 1. The lowest BCUT2D eigenvalue weighted by molar-refractivity contribution is -0.148. The molecule has 0 spiro atoms. The van der Waals surface area contributed by atoms with Crippen molar-refractivity contribution < 1.29 is 14.7 Å². The summed E-state index contributed by atoms with van der Waals surface area (Å²) in [5.41, 5.74) is 0. The number of aliphatic carboxylic acids is 1. The third kappa shape index (κ3) is 3.48. The Hall–Kier alpha value is -1.67. The third-order valence-corrected chi connectivity index (χ3v) is 5.79. The molecule has 1 amide bonds. The first kappa shape index (κ1) is 16.2. The largest absolute Gasteiger partial charge is 0.480 e. The number of likely N-dealkylation sites (tertiary alicyclic amines) is 1. The van der Waals surface area contributed by atoms with E-state index in [-0.39, 0.29) is 5.91 Å². The zero-order valence-electron chi connectivity index (χ0n) is 12.7. The standard InChI is InChI=1S/C15H17N3O3S2/c1-9-7-10-13(16-8-17-14(10)23-9)22-6-4-12(19)18-5-2-3-11(18)15(20)21/h7-8,11H,2-6H2,1H3,(H,20,21). The van der Waals surface area contributed by atoms with Gasteiger partial charge in [0.25, 0.3) is 0 Å². The van der Waals surface area contributed by atoms with Gasteiger partial charge < -0.3 is 10.0 Å². The van der Waals surface area contributed by atoms with Crippen LogP contribution in [0, 0.1) is 6.92 Å². The van der Waals surface area contributed by atoms with E-state index in [1.165, 1.54) is 21.5 Å². The van der Waals surface area contributed by atoms with Crippen LogP contribution in [0.4, 0.5) is 0 Å². The molecule has 0 saturated carbocycles. The monoisotopic (exact) mass is 351 g/mol. The quantitative estimate of drug-likeness (QED) is 0.658. The maximum absolute atomic E-state index is 12.2. The van der Waals surface area contributed by atoms with Crippen molar-refractivity contribution in [1.29, 1.82) is 0 Å². The highest BCUT2D eigenvalue weighted by Crippen LogP contribution is 2.30. The van der Waals surface area contributed by atoms with E-state index >= 15 is 0 Å². The predicted octanol–water partition coefficient (Wildman–Crippen LogP) is 2.56. The van der Waals surface area contributed by atoms with Crippen LogP contribution in [0.25, 0.3) is 10.2 Å². The molecule has 1 aliphatic rings. The van der Waals surface area contributed by atoms with Crippen LogP contribution in [0.2, 0.25) is 0 Å². The fourth-order valence-electron chi connectivity index (χ4n) is 2.77. The zero-order chi connectivity index (χ0) is 16.4. The van der Waals surface area contributed by atoms with Gasteiger partial charge in [-0.05, 0) is 25.8 Å². The highest BCUT2D eigenvalue weighted by Gasteiger charge is 2.33. The summed E-state index contributed by atoms with van der Waals surface area (Å²) in [4.78, 5) is 35.6. The number of nitrogens with zero attached hydrogens (tertiary/aromatic N) is 3. The summed E-state index contributed by atoms with van der Waals surface area (Å²) in [5.74, 6) is -0.410. The van der Waals surface area contributed by atoms with Crippen LogP contribution in [0.1, 0.15) is 24.1 Å². The van der Waals surface area contributed by atoms with E-state index in [4.69, 9.17) is 5.11 Å². The van der Waals surface area contributed by atoms with E-state index < -0.39 is 12.0 Å². The van der Waals surface area contributed by atoms with E-state index in [1.54, 1.807) is 17.7 Å². The van der Waals surface area contributed by atoms with Crippen molar-refractivity contribution in [3.05, 3.63) is 17.3 Å². The molecule has 8 heteroatoms. The van der Waals surface area contributed by atoms with Crippen LogP contribution in [0.3, 0.4) is 0 Å². The van der Waals surface area contributed by atoms with Gasteiger partial charge in [0.05, 0.1) is 0 Å². The fourth-order valence-corrected chi connectivity index (χ4v) is 4.58. The normalized spacial score (nSPS) is 17.8. The predicted molar refractivity (Wildman–Crippen MR) is 89.9 cm³/mol. The van der Waals surface area contributed by atoms with Crippen molar-refractivity contribution in [2.24, 2.45) is 0 Å². The van der Waals surface area contributed by atoms with Crippen molar-refractivity contribution in [2.45, 2.75) is 37.3 Å². The molecule has 1 N–H and O–H groups in total. The molecular formula is C15H17N3O3S2. The summed E-state index contributed by atoms with van der Waals surface area (Å²) < 4.78 is 0. The van der Waals surface area contributed by atoms with Gasteiger partial charge in [-0.2, -0.15) is 0 Å². The zero-order valence-corrected chi connectivity index (χ0v) is 14.3. The summed E-state index contributed by atoms with van der Waals surface area (Å²) in [6, 6.07) is 1.41. The topological polar surface area (TPSA) is 83.4 Å². The van der Waals surface area contributed by atoms with Crippen LogP contribution < -0.4 is 0 Å². The number of rotatable bonds is 5. The number of fused-ring (bicyclic) bond motifs is 1. The number of carbonyl (C=O) groups is 2. The molecule has 0 aromatic carbocycles. The molecule has 0 aliphatic carbocycles.